The fourth-order valence-electron chi connectivity index (χ4n) is 2.97. The van der Waals surface area contributed by atoms with Gasteiger partial charge in [-0.3, -0.25) is 9.69 Å². The Morgan fingerprint density at radius 1 is 1.38 bits per heavy atom. The van der Waals surface area contributed by atoms with Gasteiger partial charge < -0.3 is 5.32 Å². The summed E-state index contributed by atoms with van der Waals surface area (Å²) in [7, 11) is 0. The van der Waals surface area contributed by atoms with Crippen LogP contribution in [0.4, 0.5) is 18.9 Å². The lowest BCUT2D eigenvalue weighted by atomic mass is 9.85. The van der Waals surface area contributed by atoms with E-state index in [1.165, 1.54) is 18.2 Å². The summed E-state index contributed by atoms with van der Waals surface area (Å²) in [5.41, 5.74) is -2.63. The second-order valence-electron chi connectivity index (χ2n) is 6.65. The number of hydrogen-bond donors (Lipinski definition) is 1. The van der Waals surface area contributed by atoms with Crippen LogP contribution in [0.25, 0.3) is 0 Å². The van der Waals surface area contributed by atoms with E-state index < -0.39 is 24.2 Å². The average Bonchev–Trinajstić information content (AvgIpc) is 2.64. The van der Waals surface area contributed by atoms with Crippen LogP contribution in [0.3, 0.4) is 0 Å². The second kappa shape index (κ2) is 7.89. The van der Waals surface area contributed by atoms with Crippen molar-refractivity contribution in [2.45, 2.75) is 45.3 Å². The Hall–Kier alpha value is -1.71. The number of carbonyl (C=O) groups is 1. The van der Waals surface area contributed by atoms with E-state index >= 15 is 0 Å². The minimum absolute atomic E-state index is 0.0915. The smallest absolute Gasteiger partial charge is 0.325 e. The topological polar surface area (TPSA) is 32.3 Å². The molecule has 0 aliphatic carbocycles. The van der Waals surface area contributed by atoms with Gasteiger partial charge in [0.05, 0.1) is 6.54 Å². The molecule has 1 aliphatic rings. The monoisotopic (exact) mass is 386 g/mol. The molecule has 1 N–H and O–H groups in total. The summed E-state index contributed by atoms with van der Waals surface area (Å²) in [6.45, 7) is 5.05. The molecule has 0 bridgehead atoms. The van der Waals surface area contributed by atoms with E-state index in [4.69, 9.17) is 11.6 Å². The normalized spacial score (nSPS) is 20.8. The highest BCUT2D eigenvalue weighted by atomic mass is 35.5. The van der Waals surface area contributed by atoms with Crippen molar-refractivity contribution in [3.63, 3.8) is 0 Å². The number of unbranched alkanes of at least 4 members (excludes halogenated alkanes) is 1. The van der Waals surface area contributed by atoms with Gasteiger partial charge >= 0.3 is 6.18 Å². The number of hydrogen-bond acceptors (Lipinski definition) is 2. The number of rotatable bonds is 3. The third kappa shape index (κ3) is 3.99. The first kappa shape index (κ1) is 20.6. The number of nitrogens with one attached hydrogen (secondary N) is 1. The summed E-state index contributed by atoms with van der Waals surface area (Å²) in [5.74, 6) is 4.40. The Bertz CT molecular complexity index is 737. The van der Waals surface area contributed by atoms with Gasteiger partial charge in [0, 0.05) is 28.7 Å². The van der Waals surface area contributed by atoms with Gasteiger partial charge in [0.1, 0.15) is 0 Å². The van der Waals surface area contributed by atoms with Crippen molar-refractivity contribution in [1.82, 2.24) is 4.90 Å². The molecule has 1 amide bonds. The molecule has 0 radical (unpaired) electrons. The van der Waals surface area contributed by atoms with Crippen LogP contribution in [0.2, 0.25) is 5.02 Å². The number of nitrogens with zero attached hydrogens (tertiary/aromatic N) is 1. The molecule has 0 saturated carbocycles. The first-order chi connectivity index (χ1) is 12.1. The third-order valence-corrected chi connectivity index (χ3v) is 4.42. The minimum atomic E-state index is -4.71. The van der Waals surface area contributed by atoms with Gasteiger partial charge in [-0.05, 0) is 24.6 Å². The van der Waals surface area contributed by atoms with Crippen LogP contribution in [-0.2, 0) is 10.3 Å². The maximum atomic E-state index is 14.5. The number of halogens is 4. The lowest BCUT2D eigenvalue weighted by Crippen LogP contribution is -2.56. The van der Waals surface area contributed by atoms with Crippen molar-refractivity contribution in [3.05, 3.63) is 28.8 Å². The van der Waals surface area contributed by atoms with Crippen molar-refractivity contribution in [1.29, 1.82) is 0 Å². The van der Waals surface area contributed by atoms with Gasteiger partial charge in [-0.15, -0.1) is 0 Å². The highest BCUT2D eigenvalue weighted by Crippen LogP contribution is 2.48. The van der Waals surface area contributed by atoms with Gasteiger partial charge in [-0.2, -0.15) is 13.2 Å². The SMILES string of the molecule is CCCCN1CC(=O)Nc2ccc(Cl)cc2C1(C#CC(C)C)C(F)(F)F. The second-order valence-corrected chi connectivity index (χ2v) is 7.08. The summed E-state index contributed by atoms with van der Waals surface area (Å²) in [4.78, 5) is 13.4. The molecule has 26 heavy (non-hydrogen) atoms. The van der Waals surface area contributed by atoms with Crippen molar-refractivity contribution in [3.8, 4) is 11.8 Å². The third-order valence-electron chi connectivity index (χ3n) is 4.19. The number of anilines is 1. The standard InChI is InChI=1S/C19H22ClF3N2O/c1-4-5-10-25-12-17(26)24-16-7-6-14(20)11-15(16)18(25,19(21,22)23)9-8-13(2)3/h6-7,11,13H,4-5,10,12H2,1-3H3,(H,24,26). The van der Waals surface area contributed by atoms with E-state index in [9.17, 15) is 18.0 Å². The van der Waals surface area contributed by atoms with Crippen LogP contribution in [-0.4, -0.2) is 30.1 Å². The van der Waals surface area contributed by atoms with Crippen molar-refractivity contribution in [2.75, 3.05) is 18.4 Å². The predicted octanol–water partition coefficient (Wildman–Crippen LogP) is 4.81. The summed E-state index contributed by atoms with van der Waals surface area (Å²) < 4.78 is 43.5. The maximum Gasteiger partial charge on any atom is 0.422 e. The van der Waals surface area contributed by atoms with Gasteiger partial charge in [-0.1, -0.05) is 50.6 Å². The molecular formula is C19H22ClF3N2O. The molecule has 0 spiro atoms. The van der Waals surface area contributed by atoms with Gasteiger partial charge in [-0.25, -0.2) is 0 Å². The number of amides is 1. The van der Waals surface area contributed by atoms with E-state index in [0.717, 1.165) is 4.90 Å². The zero-order valence-electron chi connectivity index (χ0n) is 15.0. The Kier molecular flexibility index (Phi) is 6.25. The van der Waals surface area contributed by atoms with Crippen molar-refractivity contribution in [2.24, 2.45) is 5.92 Å². The molecule has 0 saturated heterocycles. The van der Waals surface area contributed by atoms with E-state index in [0.29, 0.717) is 12.8 Å². The van der Waals surface area contributed by atoms with Crippen LogP contribution in [0.5, 0.6) is 0 Å². The molecule has 7 heteroatoms. The zero-order chi connectivity index (χ0) is 19.5. The summed E-state index contributed by atoms with van der Waals surface area (Å²) in [6, 6.07) is 4.11. The van der Waals surface area contributed by atoms with E-state index in [1.54, 1.807) is 13.8 Å². The molecule has 0 aromatic heterocycles. The largest absolute Gasteiger partial charge is 0.422 e. The van der Waals surface area contributed by atoms with E-state index in [1.807, 2.05) is 6.92 Å². The molecule has 1 aromatic carbocycles. The summed E-state index contributed by atoms with van der Waals surface area (Å²) >= 11 is 6.01. The molecule has 1 aromatic rings. The maximum absolute atomic E-state index is 14.5. The minimum Gasteiger partial charge on any atom is -0.325 e. The Morgan fingerprint density at radius 2 is 2.08 bits per heavy atom. The molecule has 1 unspecified atom stereocenters. The van der Waals surface area contributed by atoms with Crippen molar-refractivity contribution >= 4 is 23.2 Å². The van der Waals surface area contributed by atoms with E-state index in [-0.39, 0.29) is 28.7 Å². The molecular weight excluding hydrogens is 365 g/mol. The van der Waals surface area contributed by atoms with Crippen LogP contribution >= 0.6 is 11.6 Å². The Morgan fingerprint density at radius 3 is 2.65 bits per heavy atom. The number of benzene rings is 1. The quantitative estimate of drug-likeness (QED) is 0.756. The molecule has 3 nitrogen and oxygen atoms in total. The highest BCUT2D eigenvalue weighted by Gasteiger charge is 2.61. The molecule has 1 aliphatic heterocycles. The number of fused-ring (bicyclic) bond motifs is 1. The van der Waals surface area contributed by atoms with Gasteiger partial charge in [0.15, 0.2) is 0 Å². The van der Waals surface area contributed by atoms with E-state index in [2.05, 4.69) is 17.2 Å². The number of alkyl halides is 3. The summed E-state index contributed by atoms with van der Waals surface area (Å²) in [6.07, 6.45) is -3.50. The fraction of sp³-hybridized carbons (Fsp3) is 0.526. The molecule has 1 atom stereocenters. The highest BCUT2D eigenvalue weighted by molar-refractivity contribution is 6.30. The molecule has 0 fully saturated rings. The van der Waals surface area contributed by atoms with Crippen molar-refractivity contribution < 1.29 is 18.0 Å². The van der Waals surface area contributed by atoms with Crippen LogP contribution in [0.15, 0.2) is 18.2 Å². The Balaban J connectivity index is 2.83. The Labute approximate surface area is 156 Å². The van der Waals surface area contributed by atoms with Crippen LogP contribution < -0.4 is 5.32 Å². The fourth-order valence-corrected chi connectivity index (χ4v) is 3.14. The van der Waals surface area contributed by atoms with Crippen LogP contribution in [0.1, 0.15) is 39.2 Å². The first-order valence-electron chi connectivity index (χ1n) is 8.56. The lowest BCUT2D eigenvalue weighted by molar-refractivity contribution is -0.215. The first-order valence-corrected chi connectivity index (χ1v) is 8.94. The van der Waals surface area contributed by atoms with Crippen LogP contribution in [0, 0.1) is 17.8 Å². The molecule has 1 heterocycles. The zero-order valence-corrected chi connectivity index (χ0v) is 15.8. The molecule has 142 valence electrons. The predicted molar refractivity (Wildman–Crippen MR) is 96.9 cm³/mol. The number of carbonyl (C=O) groups excluding carboxylic acids is 1. The van der Waals surface area contributed by atoms with Gasteiger partial charge in [0.2, 0.25) is 11.4 Å². The average molecular weight is 387 g/mol. The summed E-state index contributed by atoms with van der Waals surface area (Å²) in [5, 5.41) is 2.73. The lowest BCUT2D eigenvalue weighted by Gasteiger charge is -2.40. The van der Waals surface area contributed by atoms with Gasteiger partial charge in [0.25, 0.3) is 0 Å². The molecule has 2 rings (SSSR count).